The number of benzene rings is 1. The summed E-state index contributed by atoms with van der Waals surface area (Å²) in [5.74, 6) is 0.627. The summed E-state index contributed by atoms with van der Waals surface area (Å²) in [6, 6.07) is 12.4. The van der Waals surface area contributed by atoms with Gasteiger partial charge in [0.2, 0.25) is 0 Å². The van der Waals surface area contributed by atoms with E-state index >= 15 is 0 Å². The summed E-state index contributed by atoms with van der Waals surface area (Å²) in [5.41, 5.74) is 3.58. The molecule has 1 aliphatic heterocycles. The second kappa shape index (κ2) is 7.43. The SMILES string of the molecule is Cc1cc(C(=O)N2CCC(c3ccccc3)(c3csc(C)n3)CC2)nc(C)n1. The van der Waals surface area contributed by atoms with Gasteiger partial charge in [-0.25, -0.2) is 15.0 Å². The van der Waals surface area contributed by atoms with Gasteiger partial charge in [-0.3, -0.25) is 4.79 Å². The number of carbonyl (C=O) groups excluding carboxylic acids is 1. The van der Waals surface area contributed by atoms with Crippen molar-refractivity contribution in [2.75, 3.05) is 13.1 Å². The molecule has 28 heavy (non-hydrogen) atoms. The number of likely N-dealkylation sites (tertiary alicyclic amines) is 1. The van der Waals surface area contributed by atoms with Gasteiger partial charge in [0.1, 0.15) is 11.5 Å². The second-order valence-electron chi connectivity index (χ2n) is 7.43. The Hall–Kier alpha value is -2.60. The predicted molar refractivity (Wildman–Crippen MR) is 111 cm³/mol. The lowest BCUT2D eigenvalue weighted by molar-refractivity contribution is 0.0677. The summed E-state index contributed by atoms with van der Waals surface area (Å²) in [6.07, 6.45) is 1.71. The smallest absolute Gasteiger partial charge is 0.272 e. The van der Waals surface area contributed by atoms with Gasteiger partial charge in [0.15, 0.2) is 0 Å². The molecule has 6 heteroatoms. The Balaban J connectivity index is 1.61. The summed E-state index contributed by atoms with van der Waals surface area (Å²) in [6.45, 7) is 7.14. The third-order valence-electron chi connectivity index (χ3n) is 5.53. The van der Waals surface area contributed by atoms with Crippen LogP contribution in [0.15, 0.2) is 41.8 Å². The summed E-state index contributed by atoms with van der Waals surface area (Å²) in [4.78, 5) is 28.4. The lowest BCUT2D eigenvalue weighted by atomic mass is 9.70. The molecule has 3 heterocycles. The summed E-state index contributed by atoms with van der Waals surface area (Å²) >= 11 is 1.69. The Bertz CT molecular complexity index is 971. The van der Waals surface area contributed by atoms with E-state index in [9.17, 15) is 4.79 Å². The highest BCUT2D eigenvalue weighted by Crippen LogP contribution is 2.42. The normalized spacial score (nSPS) is 16.2. The fourth-order valence-electron chi connectivity index (χ4n) is 4.11. The topological polar surface area (TPSA) is 59.0 Å². The van der Waals surface area contributed by atoms with E-state index in [4.69, 9.17) is 4.98 Å². The van der Waals surface area contributed by atoms with Crippen LogP contribution in [0, 0.1) is 20.8 Å². The van der Waals surface area contributed by atoms with Gasteiger partial charge < -0.3 is 4.90 Å². The molecule has 0 unspecified atom stereocenters. The highest BCUT2D eigenvalue weighted by Gasteiger charge is 2.40. The van der Waals surface area contributed by atoms with Crippen molar-refractivity contribution in [2.24, 2.45) is 0 Å². The minimum atomic E-state index is -0.139. The van der Waals surface area contributed by atoms with Gasteiger partial charge in [0.05, 0.1) is 10.7 Å². The molecule has 0 N–H and O–H groups in total. The highest BCUT2D eigenvalue weighted by atomic mass is 32.1. The minimum absolute atomic E-state index is 0.00952. The van der Waals surface area contributed by atoms with Crippen LogP contribution in [0.25, 0.3) is 0 Å². The predicted octanol–water partition coefficient (Wildman–Crippen LogP) is 4.08. The van der Waals surface area contributed by atoms with Crippen LogP contribution in [-0.4, -0.2) is 38.8 Å². The van der Waals surface area contributed by atoms with E-state index < -0.39 is 0 Å². The van der Waals surface area contributed by atoms with E-state index in [1.165, 1.54) is 5.56 Å². The van der Waals surface area contributed by atoms with Gasteiger partial charge in [0.25, 0.3) is 5.91 Å². The molecule has 0 aliphatic carbocycles. The number of hydrogen-bond acceptors (Lipinski definition) is 5. The van der Waals surface area contributed by atoms with Crippen molar-refractivity contribution < 1.29 is 4.79 Å². The van der Waals surface area contributed by atoms with Crippen molar-refractivity contribution in [2.45, 2.75) is 39.0 Å². The number of hydrogen-bond donors (Lipinski definition) is 0. The molecule has 0 radical (unpaired) electrons. The molecule has 0 spiro atoms. The molecule has 4 rings (SSSR count). The van der Waals surface area contributed by atoms with Crippen molar-refractivity contribution in [1.82, 2.24) is 19.9 Å². The molecule has 1 aromatic carbocycles. The summed E-state index contributed by atoms with van der Waals surface area (Å²) in [5, 5.41) is 3.26. The van der Waals surface area contributed by atoms with Crippen LogP contribution in [0.4, 0.5) is 0 Å². The van der Waals surface area contributed by atoms with Gasteiger partial charge in [-0.1, -0.05) is 30.3 Å². The van der Waals surface area contributed by atoms with Gasteiger partial charge in [-0.2, -0.15) is 0 Å². The molecule has 0 saturated carbocycles. The lowest BCUT2D eigenvalue weighted by Crippen LogP contribution is -2.46. The Kier molecular flexibility index (Phi) is 4.98. The molecule has 1 amide bonds. The third kappa shape index (κ3) is 3.44. The molecule has 3 aromatic rings. The Labute approximate surface area is 169 Å². The number of amides is 1. The number of nitrogens with zero attached hydrogens (tertiary/aromatic N) is 4. The zero-order valence-corrected chi connectivity index (χ0v) is 17.3. The standard InChI is InChI=1S/C22H24N4OS/c1-15-13-19(24-16(2)23-15)21(27)26-11-9-22(10-12-26,18-7-5-4-6-8-18)20-14-28-17(3)25-20/h4-8,13-14H,9-12H2,1-3H3. The Morgan fingerprint density at radius 1 is 1.04 bits per heavy atom. The van der Waals surface area contributed by atoms with E-state index in [-0.39, 0.29) is 11.3 Å². The van der Waals surface area contributed by atoms with Gasteiger partial charge in [0, 0.05) is 29.6 Å². The number of carbonyl (C=O) groups is 1. The van der Waals surface area contributed by atoms with Crippen LogP contribution in [0.3, 0.4) is 0 Å². The minimum Gasteiger partial charge on any atom is -0.337 e. The average Bonchev–Trinajstić information content (AvgIpc) is 3.14. The largest absolute Gasteiger partial charge is 0.337 e. The number of aromatic nitrogens is 3. The van der Waals surface area contributed by atoms with E-state index in [0.29, 0.717) is 24.6 Å². The lowest BCUT2D eigenvalue weighted by Gasteiger charge is -2.41. The van der Waals surface area contributed by atoms with E-state index in [1.807, 2.05) is 31.7 Å². The first kappa shape index (κ1) is 18.7. The van der Waals surface area contributed by atoms with E-state index in [0.717, 1.165) is 29.2 Å². The Morgan fingerprint density at radius 3 is 2.36 bits per heavy atom. The van der Waals surface area contributed by atoms with Crippen LogP contribution in [-0.2, 0) is 5.41 Å². The molecule has 1 fully saturated rings. The number of rotatable bonds is 3. The summed E-state index contributed by atoms with van der Waals surface area (Å²) in [7, 11) is 0. The maximum atomic E-state index is 13.0. The molecule has 0 bridgehead atoms. The van der Waals surface area contributed by atoms with E-state index in [2.05, 4.69) is 39.6 Å². The van der Waals surface area contributed by atoms with Crippen molar-refractivity contribution in [1.29, 1.82) is 0 Å². The Morgan fingerprint density at radius 2 is 1.75 bits per heavy atom. The average molecular weight is 393 g/mol. The number of thiazole rings is 1. The first-order valence-corrected chi connectivity index (χ1v) is 10.5. The van der Waals surface area contributed by atoms with Crippen molar-refractivity contribution in [3.8, 4) is 0 Å². The third-order valence-corrected chi connectivity index (χ3v) is 6.30. The maximum Gasteiger partial charge on any atom is 0.272 e. The van der Waals surface area contributed by atoms with Crippen LogP contribution in [0.5, 0.6) is 0 Å². The van der Waals surface area contributed by atoms with Crippen molar-refractivity contribution in [3.63, 3.8) is 0 Å². The fraction of sp³-hybridized carbons (Fsp3) is 0.364. The molecule has 144 valence electrons. The molecular formula is C22H24N4OS. The molecule has 1 saturated heterocycles. The molecule has 2 aromatic heterocycles. The first-order chi connectivity index (χ1) is 13.5. The summed E-state index contributed by atoms with van der Waals surface area (Å²) < 4.78 is 0. The maximum absolute atomic E-state index is 13.0. The van der Waals surface area contributed by atoms with Crippen molar-refractivity contribution in [3.05, 3.63) is 75.3 Å². The van der Waals surface area contributed by atoms with Crippen LogP contribution in [0.2, 0.25) is 0 Å². The van der Waals surface area contributed by atoms with Gasteiger partial charge >= 0.3 is 0 Å². The monoisotopic (exact) mass is 392 g/mol. The molecule has 1 aliphatic rings. The number of aryl methyl sites for hydroxylation is 3. The molecule has 0 atom stereocenters. The van der Waals surface area contributed by atoms with Crippen molar-refractivity contribution >= 4 is 17.2 Å². The molecule has 5 nitrogen and oxygen atoms in total. The second-order valence-corrected chi connectivity index (χ2v) is 8.50. The van der Waals surface area contributed by atoms with Gasteiger partial charge in [-0.05, 0) is 45.2 Å². The number of piperidine rings is 1. The fourth-order valence-corrected chi connectivity index (χ4v) is 4.82. The zero-order valence-electron chi connectivity index (χ0n) is 16.5. The quantitative estimate of drug-likeness (QED) is 0.674. The van der Waals surface area contributed by atoms with Crippen LogP contribution in [0.1, 0.15) is 51.1 Å². The zero-order chi connectivity index (χ0) is 19.7. The highest BCUT2D eigenvalue weighted by molar-refractivity contribution is 7.09. The first-order valence-electron chi connectivity index (χ1n) is 9.58. The van der Waals surface area contributed by atoms with Crippen LogP contribution >= 0.6 is 11.3 Å². The van der Waals surface area contributed by atoms with Crippen LogP contribution < -0.4 is 0 Å². The van der Waals surface area contributed by atoms with E-state index in [1.54, 1.807) is 17.4 Å². The van der Waals surface area contributed by atoms with Gasteiger partial charge in [-0.15, -0.1) is 11.3 Å². The molecular weight excluding hydrogens is 368 g/mol.